The van der Waals surface area contributed by atoms with E-state index in [4.69, 9.17) is 4.52 Å². The Morgan fingerprint density at radius 1 is 1.08 bits per heavy atom. The van der Waals surface area contributed by atoms with E-state index in [0.717, 1.165) is 10.5 Å². The van der Waals surface area contributed by atoms with Crippen LogP contribution in [0.5, 0.6) is 0 Å². The SMILES string of the molecule is Cc1noc(-c2ccc(Br)cc2)c1CC(F)(F)/C=C/c1ccc(F)cc1. The second kappa shape index (κ2) is 7.50. The summed E-state index contributed by atoms with van der Waals surface area (Å²) in [6.45, 7) is 1.64. The number of halogens is 4. The first-order valence-electron chi connectivity index (χ1n) is 7.88. The van der Waals surface area contributed by atoms with Crippen molar-refractivity contribution in [2.75, 3.05) is 0 Å². The van der Waals surface area contributed by atoms with E-state index < -0.39 is 18.2 Å². The molecule has 0 aliphatic rings. The molecule has 3 aromatic rings. The molecule has 134 valence electrons. The fourth-order valence-electron chi connectivity index (χ4n) is 2.51. The Hall–Kier alpha value is -2.34. The van der Waals surface area contributed by atoms with Gasteiger partial charge in [0.05, 0.1) is 5.69 Å². The van der Waals surface area contributed by atoms with E-state index in [2.05, 4.69) is 21.1 Å². The lowest BCUT2D eigenvalue weighted by Crippen LogP contribution is -2.16. The molecule has 1 aromatic heterocycles. The Kier molecular flexibility index (Phi) is 5.32. The molecule has 0 aliphatic carbocycles. The fraction of sp³-hybridized carbons (Fsp3) is 0.150. The Morgan fingerprint density at radius 3 is 2.38 bits per heavy atom. The van der Waals surface area contributed by atoms with Gasteiger partial charge in [-0.2, -0.15) is 0 Å². The summed E-state index contributed by atoms with van der Waals surface area (Å²) in [4.78, 5) is 0. The Bertz CT molecular complexity index is 915. The van der Waals surface area contributed by atoms with Gasteiger partial charge in [0, 0.05) is 22.0 Å². The summed E-state index contributed by atoms with van der Waals surface area (Å²) in [6.07, 6.45) is 1.56. The van der Waals surface area contributed by atoms with E-state index in [1.165, 1.54) is 30.3 Å². The average molecular weight is 422 g/mol. The van der Waals surface area contributed by atoms with Crippen LogP contribution in [0.15, 0.2) is 63.6 Å². The quantitative estimate of drug-likeness (QED) is 0.473. The normalized spacial score (nSPS) is 12.0. The number of benzene rings is 2. The van der Waals surface area contributed by atoms with Crippen LogP contribution >= 0.6 is 15.9 Å². The molecule has 0 unspecified atom stereocenters. The van der Waals surface area contributed by atoms with Crippen molar-refractivity contribution in [1.29, 1.82) is 0 Å². The second-order valence-electron chi connectivity index (χ2n) is 5.91. The van der Waals surface area contributed by atoms with Gasteiger partial charge in [-0.05, 0) is 42.8 Å². The van der Waals surface area contributed by atoms with Crippen LogP contribution in [0, 0.1) is 12.7 Å². The molecule has 2 nitrogen and oxygen atoms in total. The highest BCUT2D eigenvalue weighted by molar-refractivity contribution is 9.10. The molecule has 1 heterocycles. The summed E-state index contributed by atoms with van der Waals surface area (Å²) in [5.74, 6) is -3.17. The zero-order chi connectivity index (χ0) is 18.7. The van der Waals surface area contributed by atoms with Crippen molar-refractivity contribution in [2.45, 2.75) is 19.3 Å². The number of hydrogen-bond donors (Lipinski definition) is 0. The minimum absolute atomic E-state index is 0.338. The van der Waals surface area contributed by atoms with Gasteiger partial charge in [-0.3, -0.25) is 0 Å². The van der Waals surface area contributed by atoms with Crippen molar-refractivity contribution in [3.8, 4) is 11.3 Å². The highest BCUT2D eigenvalue weighted by atomic mass is 79.9. The highest BCUT2D eigenvalue weighted by Gasteiger charge is 2.30. The van der Waals surface area contributed by atoms with E-state index in [1.54, 1.807) is 19.1 Å². The van der Waals surface area contributed by atoms with Crippen LogP contribution in [-0.2, 0) is 6.42 Å². The molecule has 0 saturated carbocycles. The van der Waals surface area contributed by atoms with Crippen molar-refractivity contribution >= 4 is 22.0 Å². The van der Waals surface area contributed by atoms with Gasteiger partial charge in [-0.1, -0.05) is 51.4 Å². The molecule has 0 atom stereocenters. The van der Waals surface area contributed by atoms with E-state index in [0.29, 0.717) is 28.1 Å². The number of aryl methyl sites for hydroxylation is 1. The van der Waals surface area contributed by atoms with Gasteiger partial charge < -0.3 is 4.52 Å². The number of nitrogens with zero attached hydrogens (tertiary/aromatic N) is 1. The Balaban J connectivity index is 1.84. The smallest absolute Gasteiger partial charge is 0.270 e. The fourth-order valence-corrected chi connectivity index (χ4v) is 2.78. The summed E-state index contributed by atoms with van der Waals surface area (Å²) in [6, 6.07) is 12.5. The van der Waals surface area contributed by atoms with Gasteiger partial charge in [0.2, 0.25) is 0 Å². The minimum Gasteiger partial charge on any atom is -0.356 e. The van der Waals surface area contributed by atoms with Gasteiger partial charge in [0.15, 0.2) is 5.76 Å². The highest BCUT2D eigenvalue weighted by Crippen LogP contribution is 2.32. The standard InChI is InChI=1S/C20H15BrF3NO/c1-13-18(19(26-25-13)15-4-6-16(21)7-5-15)12-20(23,24)11-10-14-2-8-17(22)9-3-14/h2-11H,12H2,1H3/b11-10+. The molecule has 0 saturated heterocycles. The zero-order valence-corrected chi connectivity index (χ0v) is 15.4. The lowest BCUT2D eigenvalue weighted by atomic mass is 10.0. The number of hydrogen-bond acceptors (Lipinski definition) is 2. The maximum absolute atomic E-state index is 14.5. The van der Waals surface area contributed by atoms with Crippen molar-refractivity contribution in [3.63, 3.8) is 0 Å². The molecular formula is C20H15BrF3NO. The zero-order valence-electron chi connectivity index (χ0n) is 13.8. The molecular weight excluding hydrogens is 407 g/mol. The Labute approximate surface area is 157 Å². The van der Waals surface area contributed by atoms with Crippen LogP contribution in [-0.4, -0.2) is 11.1 Å². The van der Waals surface area contributed by atoms with Gasteiger partial charge in [0.25, 0.3) is 5.92 Å². The Morgan fingerprint density at radius 2 is 1.73 bits per heavy atom. The van der Waals surface area contributed by atoms with Crippen LogP contribution in [0.2, 0.25) is 0 Å². The van der Waals surface area contributed by atoms with Gasteiger partial charge in [-0.15, -0.1) is 0 Å². The molecule has 26 heavy (non-hydrogen) atoms. The molecule has 0 bridgehead atoms. The lowest BCUT2D eigenvalue weighted by Gasteiger charge is -2.12. The summed E-state index contributed by atoms with van der Waals surface area (Å²) in [7, 11) is 0. The molecule has 0 amide bonds. The molecule has 6 heteroatoms. The van der Waals surface area contributed by atoms with Crippen molar-refractivity contribution < 1.29 is 17.7 Å². The maximum Gasteiger partial charge on any atom is 0.270 e. The molecule has 0 fully saturated rings. The topological polar surface area (TPSA) is 26.0 Å². The number of allylic oxidation sites excluding steroid dienone is 1. The van der Waals surface area contributed by atoms with Crippen LogP contribution in [0.1, 0.15) is 16.8 Å². The number of rotatable bonds is 5. The summed E-state index contributed by atoms with van der Waals surface area (Å²) in [5, 5.41) is 3.84. The summed E-state index contributed by atoms with van der Waals surface area (Å²) < 4.78 is 48.0. The van der Waals surface area contributed by atoms with Crippen LogP contribution in [0.25, 0.3) is 17.4 Å². The van der Waals surface area contributed by atoms with Gasteiger partial charge in [-0.25, -0.2) is 13.2 Å². The van der Waals surface area contributed by atoms with E-state index in [-0.39, 0.29) is 0 Å². The first kappa shape index (κ1) is 18.5. The third-order valence-corrected chi connectivity index (χ3v) is 4.42. The molecule has 0 spiro atoms. The second-order valence-corrected chi connectivity index (χ2v) is 6.82. The average Bonchev–Trinajstić information content (AvgIpc) is 2.95. The third-order valence-electron chi connectivity index (χ3n) is 3.89. The van der Waals surface area contributed by atoms with Crippen molar-refractivity contribution in [2.24, 2.45) is 0 Å². The van der Waals surface area contributed by atoms with Gasteiger partial charge >= 0.3 is 0 Å². The van der Waals surface area contributed by atoms with E-state index >= 15 is 0 Å². The van der Waals surface area contributed by atoms with Crippen molar-refractivity contribution in [1.82, 2.24) is 5.16 Å². The monoisotopic (exact) mass is 421 g/mol. The maximum atomic E-state index is 14.5. The lowest BCUT2D eigenvalue weighted by molar-refractivity contribution is 0.0566. The van der Waals surface area contributed by atoms with E-state index in [1.807, 2.05) is 12.1 Å². The molecule has 0 N–H and O–H groups in total. The molecule has 3 rings (SSSR count). The number of alkyl halides is 2. The third kappa shape index (κ3) is 4.43. The first-order valence-corrected chi connectivity index (χ1v) is 8.67. The number of aromatic nitrogens is 1. The first-order chi connectivity index (χ1) is 12.3. The van der Waals surface area contributed by atoms with Crippen LogP contribution in [0.3, 0.4) is 0 Å². The van der Waals surface area contributed by atoms with Crippen LogP contribution in [0.4, 0.5) is 13.2 Å². The van der Waals surface area contributed by atoms with Gasteiger partial charge in [0.1, 0.15) is 5.82 Å². The largest absolute Gasteiger partial charge is 0.356 e. The van der Waals surface area contributed by atoms with Crippen molar-refractivity contribution in [3.05, 3.63) is 81.7 Å². The van der Waals surface area contributed by atoms with Crippen LogP contribution < -0.4 is 0 Å². The minimum atomic E-state index is -3.10. The van der Waals surface area contributed by atoms with E-state index in [9.17, 15) is 13.2 Å². The predicted molar refractivity (Wildman–Crippen MR) is 98.5 cm³/mol. The molecule has 2 aromatic carbocycles. The summed E-state index contributed by atoms with van der Waals surface area (Å²) in [5.41, 5.74) is 1.97. The molecule has 0 aliphatic heterocycles. The molecule has 0 radical (unpaired) electrons. The summed E-state index contributed by atoms with van der Waals surface area (Å²) >= 11 is 3.34. The predicted octanol–water partition coefficient (Wildman–Crippen LogP) is 6.44.